The molecule has 1 aliphatic heterocycles. The lowest BCUT2D eigenvalue weighted by Gasteiger charge is -2.07. The summed E-state index contributed by atoms with van der Waals surface area (Å²) in [6, 6.07) is 0. The summed E-state index contributed by atoms with van der Waals surface area (Å²) in [7, 11) is 1.43. The second-order valence-corrected chi connectivity index (χ2v) is 3.73. The topological polar surface area (TPSA) is 38.8 Å². The van der Waals surface area contributed by atoms with E-state index in [2.05, 4.69) is 11.3 Å². The molecule has 0 amide bonds. The monoisotopic (exact) mass is 198 g/mol. The number of ether oxygens (including phenoxy) is 2. The number of carbonyl (C=O) groups excluding carboxylic acids is 1. The van der Waals surface area contributed by atoms with Crippen LogP contribution in [0.25, 0.3) is 0 Å². The van der Waals surface area contributed by atoms with E-state index in [9.17, 15) is 4.79 Å². The largest absolute Gasteiger partial charge is 0.469 e. The molecule has 1 rings (SSSR count). The molecule has 1 saturated heterocycles. The third-order valence-electron chi connectivity index (χ3n) is 2.58. The highest BCUT2D eigenvalue weighted by Gasteiger charge is 2.35. The van der Waals surface area contributed by atoms with Gasteiger partial charge in [0.15, 0.2) is 0 Å². The van der Waals surface area contributed by atoms with Gasteiger partial charge in [-0.1, -0.05) is 13.0 Å². The molecule has 0 saturated carbocycles. The number of esters is 1. The van der Waals surface area contributed by atoms with Gasteiger partial charge in [0.05, 0.1) is 19.1 Å². The number of methoxy groups -OCH3 is 1. The minimum Gasteiger partial charge on any atom is -0.469 e. The Labute approximate surface area is 85.1 Å². The first kappa shape index (κ1) is 11.2. The molecule has 0 N–H and O–H groups in total. The average molecular weight is 198 g/mol. The van der Waals surface area contributed by atoms with E-state index in [1.807, 2.05) is 13.0 Å². The Hall–Kier alpha value is -0.830. The maximum atomic E-state index is 11.1. The SMILES string of the molecule is C=C[C@@H]1O[C@H]1CCCC(C)C(=O)OC. The molecule has 0 bridgehead atoms. The molecule has 0 aromatic carbocycles. The zero-order valence-corrected chi connectivity index (χ0v) is 8.86. The predicted octanol–water partition coefficient (Wildman–Crippen LogP) is 1.92. The van der Waals surface area contributed by atoms with E-state index in [1.165, 1.54) is 7.11 Å². The minimum atomic E-state index is -0.123. The van der Waals surface area contributed by atoms with Gasteiger partial charge < -0.3 is 9.47 Å². The van der Waals surface area contributed by atoms with Crippen LogP contribution in [0.3, 0.4) is 0 Å². The molecule has 1 aliphatic rings. The summed E-state index contributed by atoms with van der Waals surface area (Å²) < 4.78 is 9.94. The third kappa shape index (κ3) is 3.14. The van der Waals surface area contributed by atoms with Crippen LogP contribution in [0.1, 0.15) is 26.2 Å². The quantitative estimate of drug-likeness (QED) is 0.372. The zero-order valence-electron chi connectivity index (χ0n) is 8.86. The maximum Gasteiger partial charge on any atom is 0.308 e. The van der Waals surface area contributed by atoms with Crippen molar-refractivity contribution in [2.45, 2.75) is 38.4 Å². The van der Waals surface area contributed by atoms with E-state index in [1.54, 1.807) is 0 Å². The highest BCUT2D eigenvalue weighted by Crippen LogP contribution is 2.28. The normalized spacial score (nSPS) is 26.7. The van der Waals surface area contributed by atoms with Gasteiger partial charge in [-0.2, -0.15) is 0 Å². The van der Waals surface area contributed by atoms with Gasteiger partial charge in [0.25, 0.3) is 0 Å². The third-order valence-corrected chi connectivity index (χ3v) is 2.58. The number of carbonyl (C=O) groups is 1. The highest BCUT2D eigenvalue weighted by molar-refractivity contribution is 5.71. The molecule has 0 aromatic heterocycles. The Morgan fingerprint density at radius 3 is 2.93 bits per heavy atom. The van der Waals surface area contributed by atoms with Gasteiger partial charge in [0, 0.05) is 0 Å². The van der Waals surface area contributed by atoms with E-state index < -0.39 is 0 Å². The summed E-state index contributed by atoms with van der Waals surface area (Å²) in [5.41, 5.74) is 0. The van der Waals surface area contributed by atoms with Crippen molar-refractivity contribution in [1.29, 1.82) is 0 Å². The van der Waals surface area contributed by atoms with E-state index in [0.29, 0.717) is 6.10 Å². The van der Waals surface area contributed by atoms with Crippen molar-refractivity contribution in [3.8, 4) is 0 Å². The molecule has 3 nitrogen and oxygen atoms in total. The molecule has 0 aromatic rings. The van der Waals surface area contributed by atoms with E-state index >= 15 is 0 Å². The maximum absolute atomic E-state index is 11.1. The van der Waals surface area contributed by atoms with Crippen LogP contribution in [0.2, 0.25) is 0 Å². The minimum absolute atomic E-state index is 0.000862. The first-order valence-electron chi connectivity index (χ1n) is 5.05. The molecule has 1 heterocycles. The van der Waals surface area contributed by atoms with Crippen LogP contribution >= 0.6 is 0 Å². The highest BCUT2D eigenvalue weighted by atomic mass is 16.6. The molecule has 14 heavy (non-hydrogen) atoms. The van der Waals surface area contributed by atoms with E-state index in [4.69, 9.17) is 4.74 Å². The Kier molecular flexibility index (Phi) is 4.14. The van der Waals surface area contributed by atoms with Gasteiger partial charge in [-0.05, 0) is 19.3 Å². The van der Waals surface area contributed by atoms with Crippen LogP contribution in [-0.2, 0) is 14.3 Å². The summed E-state index contributed by atoms with van der Waals surface area (Å²) in [4.78, 5) is 11.1. The Balaban J connectivity index is 2.04. The number of epoxide rings is 1. The summed E-state index contributed by atoms with van der Waals surface area (Å²) >= 11 is 0. The second-order valence-electron chi connectivity index (χ2n) is 3.73. The lowest BCUT2D eigenvalue weighted by molar-refractivity contribution is -0.145. The van der Waals surface area contributed by atoms with Crippen molar-refractivity contribution in [3.05, 3.63) is 12.7 Å². The fraction of sp³-hybridized carbons (Fsp3) is 0.727. The van der Waals surface area contributed by atoms with Gasteiger partial charge in [-0.15, -0.1) is 6.58 Å². The lowest BCUT2D eigenvalue weighted by atomic mass is 10.0. The van der Waals surface area contributed by atoms with Gasteiger partial charge >= 0.3 is 5.97 Å². The Morgan fingerprint density at radius 2 is 2.43 bits per heavy atom. The van der Waals surface area contributed by atoms with Crippen molar-refractivity contribution in [3.63, 3.8) is 0 Å². The lowest BCUT2D eigenvalue weighted by Crippen LogP contribution is -2.12. The molecule has 80 valence electrons. The molecule has 1 unspecified atom stereocenters. The van der Waals surface area contributed by atoms with Gasteiger partial charge in [-0.3, -0.25) is 4.79 Å². The predicted molar refractivity (Wildman–Crippen MR) is 53.9 cm³/mol. The first-order valence-corrected chi connectivity index (χ1v) is 5.05. The van der Waals surface area contributed by atoms with Crippen LogP contribution in [0, 0.1) is 5.92 Å². The van der Waals surface area contributed by atoms with Crippen LogP contribution in [0.5, 0.6) is 0 Å². The Bertz CT molecular complexity index is 213. The molecule has 3 atom stereocenters. The summed E-state index contributed by atoms with van der Waals surface area (Å²) in [5, 5.41) is 0. The average Bonchev–Trinajstić information content (AvgIpc) is 2.95. The summed E-state index contributed by atoms with van der Waals surface area (Å²) in [6.07, 6.45) is 5.31. The van der Waals surface area contributed by atoms with Crippen LogP contribution in [-0.4, -0.2) is 25.3 Å². The van der Waals surface area contributed by atoms with Crippen molar-refractivity contribution in [2.75, 3.05) is 7.11 Å². The van der Waals surface area contributed by atoms with E-state index in [-0.39, 0.29) is 18.0 Å². The standard InChI is InChI=1S/C11H18O3/c1-4-9-10(14-9)7-5-6-8(2)11(12)13-3/h4,8-10H,1,5-7H2,2-3H3/t8?,9-,10-/m0/s1. The molecule has 1 fully saturated rings. The van der Waals surface area contributed by atoms with Crippen LogP contribution in [0.15, 0.2) is 12.7 Å². The Morgan fingerprint density at radius 1 is 1.71 bits per heavy atom. The summed E-state index contributed by atoms with van der Waals surface area (Å²) in [6.45, 7) is 5.55. The second kappa shape index (κ2) is 5.15. The number of hydrogen-bond acceptors (Lipinski definition) is 3. The van der Waals surface area contributed by atoms with E-state index in [0.717, 1.165) is 19.3 Å². The fourth-order valence-corrected chi connectivity index (χ4v) is 1.54. The molecular formula is C11H18O3. The van der Waals surface area contributed by atoms with Gasteiger partial charge in [0.1, 0.15) is 6.10 Å². The molecule has 0 aliphatic carbocycles. The summed E-state index contributed by atoms with van der Waals surface area (Å²) in [5.74, 6) is -0.122. The van der Waals surface area contributed by atoms with Crippen molar-refractivity contribution in [1.82, 2.24) is 0 Å². The van der Waals surface area contributed by atoms with Crippen LogP contribution < -0.4 is 0 Å². The fourth-order valence-electron chi connectivity index (χ4n) is 1.54. The molecular weight excluding hydrogens is 180 g/mol. The van der Waals surface area contributed by atoms with Crippen molar-refractivity contribution in [2.24, 2.45) is 5.92 Å². The molecule has 0 radical (unpaired) electrons. The number of hydrogen-bond donors (Lipinski definition) is 0. The smallest absolute Gasteiger partial charge is 0.308 e. The van der Waals surface area contributed by atoms with Gasteiger partial charge in [-0.25, -0.2) is 0 Å². The van der Waals surface area contributed by atoms with Crippen LogP contribution in [0.4, 0.5) is 0 Å². The van der Waals surface area contributed by atoms with Crippen molar-refractivity contribution < 1.29 is 14.3 Å². The van der Waals surface area contributed by atoms with Crippen molar-refractivity contribution >= 4 is 5.97 Å². The zero-order chi connectivity index (χ0) is 10.6. The number of rotatable bonds is 6. The first-order chi connectivity index (χ1) is 6.69. The van der Waals surface area contributed by atoms with Gasteiger partial charge in [0.2, 0.25) is 0 Å². The molecule has 0 spiro atoms. The molecule has 3 heteroatoms.